The summed E-state index contributed by atoms with van der Waals surface area (Å²) in [4.78, 5) is 16.7. The van der Waals surface area contributed by atoms with Crippen LogP contribution >= 0.6 is 0 Å². The van der Waals surface area contributed by atoms with Gasteiger partial charge in [-0.2, -0.15) is 18.2 Å². The van der Waals surface area contributed by atoms with Gasteiger partial charge in [0.15, 0.2) is 5.58 Å². The highest BCUT2D eigenvalue weighted by Crippen LogP contribution is 2.33. The van der Waals surface area contributed by atoms with Crippen molar-refractivity contribution in [3.8, 4) is 0 Å². The molecule has 2 heterocycles. The number of alkyl halides is 3. The number of carbonyl (C=O) groups excluding carboxylic acids is 1. The van der Waals surface area contributed by atoms with Crippen molar-refractivity contribution in [1.29, 1.82) is 0 Å². The Kier molecular flexibility index (Phi) is 3.91. The molecule has 8 heteroatoms. The molecule has 1 amide bonds. The van der Waals surface area contributed by atoms with Crippen molar-refractivity contribution in [2.24, 2.45) is 0 Å². The molecule has 1 aromatic carbocycles. The fourth-order valence-electron chi connectivity index (χ4n) is 2.89. The van der Waals surface area contributed by atoms with Crippen molar-refractivity contribution < 1.29 is 22.4 Å². The lowest BCUT2D eigenvalue weighted by Crippen LogP contribution is -2.55. The number of rotatable bonds is 2. The van der Waals surface area contributed by atoms with Crippen molar-refractivity contribution in [2.75, 3.05) is 11.9 Å². The van der Waals surface area contributed by atoms with Crippen molar-refractivity contribution in [3.05, 3.63) is 24.3 Å². The third-order valence-corrected chi connectivity index (χ3v) is 3.99. The number of para-hydroxylation sites is 2. The first-order chi connectivity index (χ1) is 10.8. The number of nitrogens with zero attached hydrogens (tertiary/aromatic N) is 2. The Morgan fingerprint density at radius 3 is 2.74 bits per heavy atom. The van der Waals surface area contributed by atoms with Gasteiger partial charge in [0.05, 0.1) is 0 Å². The molecule has 0 radical (unpaired) electrons. The zero-order valence-corrected chi connectivity index (χ0v) is 12.4. The van der Waals surface area contributed by atoms with Crippen LogP contribution in [-0.4, -0.2) is 40.6 Å². The Hall–Kier alpha value is -2.25. The van der Waals surface area contributed by atoms with Gasteiger partial charge in [-0.05, 0) is 25.0 Å². The summed E-state index contributed by atoms with van der Waals surface area (Å²) in [5.74, 6) is -0.587. The summed E-state index contributed by atoms with van der Waals surface area (Å²) in [6.45, 7) is 1.12. The highest BCUT2D eigenvalue weighted by atomic mass is 19.4. The molecule has 1 aromatic heterocycles. The molecule has 3 rings (SSSR count). The minimum absolute atomic E-state index is 0.0295. The predicted octanol–water partition coefficient (Wildman–Crippen LogP) is 3.18. The molecule has 124 valence electrons. The standard InChI is InChI=1S/C15H16F3N3O2/c1-9(22)21-8-10(6-7-13(21)15(16,17)18)19-14-20-11-4-2-3-5-12(11)23-14/h2-5,10,13H,6-8H2,1H3,(H,19,20)/t10-,13-/m1/s1. The van der Waals surface area contributed by atoms with Crippen molar-refractivity contribution in [3.63, 3.8) is 0 Å². The van der Waals surface area contributed by atoms with Crippen molar-refractivity contribution in [1.82, 2.24) is 9.88 Å². The topological polar surface area (TPSA) is 58.4 Å². The number of amides is 1. The fraction of sp³-hybridized carbons (Fsp3) is 0.467. The second-order valence-corrected chi connectivity index (χ2v) is 5.63. The maximum atomic E-state index is 13.0. The minimum atomic E-state index is -4.41. The average molecular weight is 327 g/mol. The SMILES string of the molecule is CC(=O)N1C[C@H](Nc2nc3ccccc3o2)CC[C@@H]1C(F)(F)F. The zero-order chi connectivity index (χ0) is 16.6. The van der Waals surface area contributed by atoms with Crippen LogP contribution in [0.15, 0.2) is 28.7 Å². The number of aromatic nitrogens is 1. The van der Waals surface area contributed by atoms with E-state index in [1.165, 1.54) is 0 Å². The lowest BCUT2D eigenvalue weighted by atomic mass is 9.97. The second kappa shape index (κ2) is 5.75. The summed E-state index contributed by atoms with van der Waals surface area (Å²) in [6.07, 6.45) is -4.26. The van der Waals surface area contributed by atoms with Crippen LogP contribution in [-0.2, 0) is 4.79 Å². The second-order valence-electron chi connectivity index (χ2n) is 5.63. The van der Waals surface area contributed by atoms with E-state index < -0.39 is 18.1 Å². The first-order valence-corrected chi connectivity index (χ1v) is 7.30. The van der Waals surface area contributed by atoms with Gasteiger partial charge >= 0.3 is 6.18 Å². The van der Waals surface area contributed by atoms with Crippen LogP contribution in [0.4, 0.5) is 19.2 Å². The highest BCUT2D eigenvalue weighted by Gasteiger charge is 2.47. The predicted molar refractivity (Wildman–Crippen MR) is 77.9 cm³/mol. The summed E-state index contributed by atoms with van der Waals surface area (Å²) in [6, 6.07) is 5.38. The Labute approximate surface area is 130 Å². The molecule has 5 nitrogen and oxygen atoms in total. The molecular weight excluding hydrogens is 311 g/mol. The van der Waals surface area contributed by atoms with Gasteiger partial charge in [0.1, 0.15) is 11.6 Å². The Morgan fingerprint density at radius 1 is 1.35 bits per heavy atom. The number of halogens is 3. The Morgan fingerprint density at radius 2 is 2.09 bits per heavy atom. The summed E-state index contributed by atoms with van der Waals surface area (Å²) >= 11 is 0. The summed E-state index contributed by atoms with van der Waals surface area (Å²) in [7, 11) is 0. The summed E-state index contributed by atoms with van der Waals surface area (Å²) < 4.78 is 44.5. The van der Waals surface area contributed by atoms with E-state index >= 15 is 0 Å². The molecule has 0 aliphatic carbocycles. The molecule has 0 spiro atoms. The lowest BCUT2D eigenvalue weighted by molar-refractivity contribution is -0.195. The first-order valence-electron chi connectivity index (χ1n) is 7.30. The van der Waals surface area contributed by atoms with Crippen molar-refractivity contribution in [2.45, 2.75) is 38.0 Å². The molecule has 1 N–H and O–H groups in total. The molecule has 1 aliphatic rings. The van der Waals surface area contributed by atoms with Gasteiger partial charge in [0, 0.05) is 19.5 Å². The first kappa shape index (κ1) is 15.6. The number of hydrogen-bond acceptors (Lipinski definition) is 4. The summed E-state index contributed by atoms with van der Waals surface area (Å²) in [5, 5.41) is 2.99. The average Bonchev–Trinajstić information content (AvgIpc) is 2.88. The van der Waals surface area contributed by atoms with Crippen LogP contribution in [0.1, 0.15) is 19.8 Å². The third kappa shape index (κ3) is 3.25. The monoisotopic (exact) mass is 327 g/mol. The normalized spacial score (nSPS) is 22.3. The molecular formula is C15H16F3N3O2. The number of benzene rings is 1. The molecule has 1 fully saturated rings. The smallest absolute Gasteiger partial charge is 0.408 e. The van der Waals surface area contributed by atoms with Gasteiger partial charge < -0.3 is 14.6 Å². The molecule has 23 heavy (non-hydrogen) atoms. The zero-order valence-electron chi connectivity index (χ0n) is 12.4. The molecule has 2 aromatic rings. The van der Waals surface area contributed by atoms with E-state index in [2.05, 4.69) is 10.3 Å². The van der Waals surface area contributed by atoms with Gasteiger partial charge in [0.2, 0.25) is 5.91 Å². The largest absolute Gasteiger partial charge is 0.424 e. The number of anilines is 1. The maximum Gasteiger partial charge on any atom is 0.408 e. The van der Waals surface area contributed by atoms with Gasteiger partial charge in [-0.1, -0.05) is 12.1 Å². The number of nitrogens with one attached hydrogen (secondary N) is 1. The van der Waals surface area contributed by atoms with E-state index in [0.717, 1.165) is 11.8 Å². The number of fused-ring (bicyclic) bond motifs is 1. The molecule has 0 bridgehead atoms. The van der Waals surface area contributed by atoms with Crippen LogP contribution in [0.2, 0.25) is 0 Å². The molecule has 0 saturated carbocycles. The Balaban J connectivity index is 1.73. The van der Waals surface area contributed by atoms with E-state index in [9.17, 15) is 18.0 Å². The minimum Gasteiger partial charge on any atom is -0.424 e. The van der Waals surface area contributed by atoms with E-state index in [1.807, 2.05) is 12.1 Å². The quantitative estimate of drug-likeness (QED) is 0.920. The van der Waals surface area contributed by atoms with Gasteiger partial charge in [-0.15, -0.1) is 0 Å². The lowest BCUT2D eigenvalue weighted by Gasteiger charge is -2.39. The van der Waals surface area contributed by atoms with Crippen LogP contribution in [0.3, 0.4) is 0 Å². The van der Waals surface area contributed by atoms with E-state index in [0.29, 0.717) is 11.1 Å². The summed E-state index contributed by atoms with van der Waals surface area (Å²) in [5.41, 5.74) is 1.27. The van der Waals surface area contributed by atoms with Crippen molar-refractivity contribution >= 4 is 23.0 Å². The van der Waals surface area contributed by atoms with Crippen LogP contribution in [0.5, 0.6) is 0 Å². The van der Waals surface area contributed by atoms with E-state index in [1.54, 1.807) is 12.1 Å². The molecule has 1 saturated heterocycles. The number of piperidine rings is 1. The fourth-order valence-corrected chi connectivity index (χ4v) is 2.89. The number of oxazole rings is 1. The maximum absolute atomic E-state index is 13.0. The highest BCUT2D eigenvalue weighted by molar-refractivity contribution is 5.75. The third-order valence-electron chi connectivity index (χ3n) is 3.99. The van der Waals surface area contributed by atoms with Crippen LogP contribution in [0.25, 0.3) is 11.1 Å². The number of carbonyl (C=O) groups is 1. The van der Waals surface area contributed by atoms with E-state index in [4.69, 9.17) is 4.42 Å². The van der Waals surface area contributed by atoms with Gasteiger partial charge in [-0.3, -0.25) is 4.79 Å². The molecule has 0 unspecified atom stereocenters. The van der Waals surface area contributed by atoms with Crippen LogP contribution in [0, 0.1) is 0 Å². The number of hydrogen-bond donors (Lipinski definition) is 1. The number of likely N-dealkylation sites (tertiary alicyclic amines) is 1. The molecule has 1 aliphatic heterocycles. The van der Waals surface area contributed by atoms with E-state index in [-0.39, 0.29) is 31.4 Å². The van der Waals surface area contributed by atoms with Gasteiger partial charge in [-0.25, -0.2) is 0 Å². The Bertz CT molecular complexity index is 680. The van der Waals surface area contributed by atoms with Crippen LogP contribution < -0.4 is 5.32 Å². The molecule has 2 atom stereocenters. The van der Waals surface area contributed by atoms with Gasteiger partial charge in [0.25, 0.3) is 6.01 Å².